The Morgan fingerprint density at radius 2 is 1.18 bits per heavy atom. The van der Waals surface area contributed by atoms with E-state index in [0.717, 1.165) is 36.1 Å². The lowest BCUT2D eigenvalue weighted by atomic mass is 10.0. The lowest BCUT2D eigenvalue weighted by Gasteiger charge is -2.10. The summed E-state index contributed by atoms with van der Waals surface area (Å²) in [7, 11) is 0. The molecule has 38 heavy (non-hydrogen) atoms. The number of hydrogen-bond donors (Lipinski definition) is 0. The zero-order valence-corrected chi connectivity index (χ0v) is 22.8. The summed E-state index contributed by atoms with van der Waals surface area (Å²) in [6.45, 7) is 5.59. The van der Waals surface area contributed by atoms with E-state index in [2.05, 4.69) is 13.8 Å². The normalized spacial score (nSPS) is 10.8. The maximum absolute atomic E-state index is 14.6. The van der Waals surface area contributed by atoms with E-state index in [1.54, 1.807) is 42.5 Å². The third-order valence-electron chi connectivity index (χ3n) is 6.44. The van der Waals surface area contributed by atoms with Gasteiger partial charge >= 0.3 is 5.97 Å². The van der Waals surface area contributed by atoms with Crippen molar-refractivity contribution in [3.63, 3.8) is 0 Å². The van der Waals surface area contributed by atoms with Crippen molar-refractivity contribution >= 4 is 5.97 Å². The fourth-order valence-electron chi connectivity index (χ4n) is 4.15. The molecule has 0 N–H and O–H groups in total. The van der Waals surface area contributed by atoms with Gasteiger partial charge in [-0.3, -0.25) is 0 Å². The van der Waals surface area contributed by atoms with Gasteiger partial charge in [0.15, 0.2) is 11.6 Å². The molecular weight excluding hydrogens is 479 g/mol. The standard InChI is InChI=1S/C33H41FO4/c1-3-5-7-9-11-23-36-29-18-20-30(21-19-29)38-33(35)27-15-13-26(14-16-27)28-17-22-32(31(34)25-28)37-24-12-10-8-6-4-2/h13-22,25H,3-12,23-24H2,1-2H3. The monoisotopic (exact) mass is 520 g/mol. The van der Waals surface area contributed by atoms with Crippen LogP contribution in [-0.2, 0) is 0 Å². The number of carbonyl (C=O) groups is 1. The molecule has 3 rings (SSSR count). The van der Waals surface area contributed by atoms with Gasteiger partial charge in [-0.05, 0) is 72.5 Å². The number of esters is 1. The van der Waals surface area contributed by atoms with Crippen molar-refractivity contribution in [2.24, 2.45) is 0 Å². The maximum atomic E-state index is 14.6. The second-order valence-corrected chi connectivity index (χ2v) is 9.61. The molecule has 0 atom stereocenters. The maximum Gasteiger partial charge on any atom is 0.343 e. The van der Waals surface area contributed by atoms with E-state index in [-0.39, 0.29) is 11.6 Å². The smallest absolute Gasteiger partial charge is 0.343 e. The second kappa shape index (κ2) is 16.5. The van der Waals surface area contributed by atoms with Crippen LogP contribution in [0.1, 0.15) is 88.4 Å². The predicted octanol–water partition coefficient (Wildman–Crippen LogP) is 9.41. The van der Waals surface area contributed by atoms with Gasteiger partial charge in [0.1, 0.15) is 11.5 Å². The summed E-state index contributed by atoms with van der Waals surface area (Å²) in [5.41, 5.74) is 1.95. The van der Waals surface area contributed by atoms with Gasteiger partial charge in [0.05, 0.1) is 18.8 Å². The lowest BCUT2D eigenvalue weighted by molar-refractivity contribution is 0.0734. The average Bonchev–Trinajstić information content (AvgIpc) is 2.94. The van der Waals surface area contributed by atoms with E-state index < -0.39 is 5.97 Å². The Bertz CT molecular complexity index is 1090. The number of rotatable bonds is 17. The quantitative estimate of drug-likeness (QED) is 0.101. The molecular formula is C33H41FO4. The number of benzene rings is 3. The first-order valence-electron chi connectivity index (χ1n) is 14.1. The summed E-state index contributed by atoms with van der Waals surface area (Å²) in [6.07, 6.45) is 11.6. The minimum atomic E-state index is -0.449. The van der Waals surface area contributed by atoms with Crippen LogP contribution in [0.25, 0.3) is 11.1 Å². The van der Waals surface area contributed by atoms with Gasteiger partial charge in [-0.2, -0.15) is 0 Å². The topological polar surface area (TPSA) is 44.8 Å². The van der Waals surface area contributed by atoms with Crippen molar-refractivity contribution in [2.45, 2.75) is 78.1 Å². The van der Waals surface area contributed by atoms with E-state index in [1.165, 1.54) is 51.0 Å². The molecule has 0 saturated carbocycles. The van der Waals surface area contributed by atoms with Crippen molar-refractivity contribution in [3.8, 4) is 28.4 Å². The van der Waals surface area contributed by atoms with Gasteiger partial charge in [0.2, 0.25) is 0 Å². The largest absolute Gasteiger partial charge is 0.494 e. The van der Waals surface area contributed by atoms with Crippen LogP contribution in [0.15, 0.2) is 66.7 Å². The Labute approximate surface area is 227 Å². The van der Waals surface area contributed by atoms with Crippen molar-refractivity contribution in [1.82, 2.24) is 0 Å². The molecule has 0 unspecified atom stereocenters. The average molecular weight is 521 g/mol. The third-order valence-corrected chi connectivity index (χ3v) is 6.44. The molecule has 0 heterocycles. The van der Waals surface area contributed by atoms with Gasteiger partial charge in [0.25, 0.3) is 0 Å². The van der Waals surface area contributed by atoms with Crippen molar-refractivity contribution in [1.29, 1.82) is 0 Å². The molecule has 0 radical (unpaired) electrons. The van der Waals surface area contributed by atoms with Crippen molar-refractivity contribution < 1.29 is 23.4 Å². The molecule has 0 aromatic heterocycles. The van der Waals surface area contributed by atoms with E-state index in [4.69, 9.17) is 14.2 Å². The molecule has 0 spiro atoms. The summed E-state index contributed by atoms with van der Waals surface area (Å²) < 4.78 is 31.4. The van der Waals surface area contributed by atoms with Crippen LogP contribution < -0.4 is 14.2 Å². The molecule has 0 aliphatic heterocycles. The number of carbonyl (C=O) groups excluding carboxylic acids is 1. The molecule has 0 saturated heterocycles. The van der Waals surface area contributed by atoms with Crippen LogP contribution in [0.5, 0.6) is 17.2 Å². The molecule has 3 aromatic carbocycles. The number of ether oxygens (including phenoxy) is 3. The predicted molar refractivity (Wildman–Crippen MR) is 152 cm³/mol. The number of hydrogen-bond acceptors (Lipinski definition) is 4. The van der Waals surface area contributed by atoms with E-state index >= 15 is 0 Å². The van der Waals surface area contributed by atoms with Crippen LogP contribution >= 0.6 is 0 Å². The highest BCUT2D eigenvalue weighted by atomic mass is 19.1. The number of unbranched alkanes of at least 4 members (excludes halogenated alkanes) is 8. The molecule has 0 bridgehead atoms. The van der Waals surface area contributed by atoms with E-state index in [1.807, 2.05) is 18.2 Å². The van der Waals surface area contributed by atoms with Crippen LogP contribution in [0, 0.1) is 5.82 Å². The van der Waals surface area contributed by atoms with Crippen LogP contribution in [-0.4, -0.2) is 19.2 Å². The fourth-order valence-corrected chi connectivity index (χ4v) is 4.15. The summed E-state index contributed by atoms with van der Waals surface area (Å²) in [5, 5.41) is 0. The summed E-state index contributed by atoms with van der Waals surface area (Å²) in [6, 6.07) is 19.0. The Morgan fingerprint density at radius 3 is 1.79 bits per heavy atom. The van der Waals surface area contributed by atoms with Crippen molar-refractivity contribution in [3.05, 3.63) is 78.1 Å². The first kappa shape index (κ1) is 29.2. The number of halogens is 1. The van der Waals surface area contributed by atoms with Gasteiger partial charge in [-0.1, -0.05) is 83.4 Å². The Balaban J connectivity index is 1.47. The highest BCUT2D eigenvalue weighted by Crippen LogP contribution is 2.27. The Kier molecular flexibility index (Phi) is 12.7. The minimum absolute atomic E-state index is 0.271. The Morgan fingerprint density at radius 1 is 0.632 bits per heavy atom. The van der Waals surface area contributed by atoms with E-state index in [0.29, 0.717) is 24.5 Å². The third kappa shape index (κ3) is 9.85. The van der Waals surface area contributed by atoms with Crippen molar-refractivity contribution in [2.75, 3.05) is 13.2 Å². The van der Waals surface area contributed by atoms with Gasteiger partial charge in [0, 0.05) is 0 Å². The fraction of sp³-hybridized carbons (Fsp3) is 0.424. The molecule has 0 fully saturated rings. The van der Waals surface area contributed by atoms with Gasteiger partial charge in [-0.15, -0.1) is 0 Å². The summed E-state index contributed by atoms with van der Waals surface area (Å²) in [5.74, 6) is 0.656. The second-order valence-electron chi connectivity index (χ2n) is 9.61. The zero-order valence-electron chi connectivity index (χ0n) is 22.8. The molecule has 3 aromatic rings. The summed E-state index contributed by atoms with van der Waals surface area (Å²) >= 11 is 0. The van der Waals surface area contributed by atoms with Crippen LogP contribution in [0.4, 0.5) is 4.39 Å². The van der Waals surface area contributed by atoms with Gasteiger partial charge < -0.3 is 14.2 Å². The van der Waals surface area contributed by atoms with E-state index in [9.17, 15) is 9.18 Å². The SMILES string of the molecule is CCCCCCCOc1ccc(OC(=O)c2ccc(-c3ccc(OCCCCCCC)c(F)c3)cc2)cc1. The summed E-state index contributed by atoms with van der Waals surface area (Å²) in [4.78, 5) is 12.6. The molecule has 0 aliphatic carbocycles. The van der Waals surface area contributed by atoms with Crippen LogP contribution in [0.3, 0.4) is 0 Å². The highest BCUT2D eigenvalue weighted by molar-refractivity contribution is 5.91. The van der Waals surface area contributed by atoms with Crippen LogP contribution in [0.2, 0.25) is 0 Å². The molecule has 0 aliphatic rings. The van der Waals surface area contributed by atoms with Gasteiger partial charge in [-0.25, -0.2) is 9.18 Å². The molecule has 5 heteroatoms. The first-order valence-corrected chi connectivity index (χ1v) is 14.1. The first-order chi connectivity index (χ1) is 18.6. The lowest BCUT2D eigenvalue weighted by Crippen LogP contribution is -2.08. The molecule has 204 valence electrons. The zero-order chi connectivity index (χ0) is 27.0. The molecule has 4 nitrogen and oxygen atoms in total. The Hall–Kier alpha value is -3.34. The highest BCUT2D eigenvalue weighted by Gasteiger charge is 2.11. The molecule has 0 amide bonds. The minimum Gasteiger partial charge on any atom is -0.494 e.